The van der Waals surface area contributed by atoms with E-state index < -0.39 is 10.2 Å². The lowest BCUT2D eigenvalue weighted by Gasteiger charge is -2.32. The number of nitrogens with zero attached hydrogens (tertiary/aromatic N) is 3. The predicted octanol–water partition coefficient (Wildman–Crippen LogP) is 2.41. The molecule has 1 aromatic heterocycles. The lowest BCUT2D eigenvalue weighted by Crippen LogP contribution is -2.30. The zero-order chi connectivity index (χ0) is 15.7. The Kier molecular flexibility index (Phi) is 5.38. The van der Waals surface area contributed by atoms with Crippen LogP contribution in [0.1, 0.15) is 31.0 Å². The molecule has 0 aliphatic heterocycles. The first-order valence-electron chi connectivity index (χ1n) is 7.13. The van der Waals surface area contributed by atoms with Gasteiger partial charge in [-0.05, 0) is 50.1 Å². The van der Waals surface area contributed by atoms with Gasteiger partial charge >= 0.3 is 10.2 Å². The van der Waals surface area contributed by atoms with E-state index in [-0.39, 0.29) is 23.3 Å². The molecule has 3 rings (SSSR count). The minimum Gasteiger partial charge on any atom is -0.311 e. The highest BCUT2D eigenvalue weighted by atomic mass is 35.5. The van der Waals surface area contributed by atoms with Crippen molar-refractivity contribution < 1.29 is 12.3 Å². The molecule has 9 heteroatoms. The maximum Gasteiger partial charge on any atom is 0.332 e. The summed E-state index contributed by atoms with van der Waals surface area (Å²) in [6.07, 6.45) is 5.43. The average Bonchev–Trinajstić information content (AvgIpc) is 2.91. The summed E-state index contributed by atoms with van der Waals surface area (Å²) in [6, 6.07) is 5.61. The van der Waals surface area contributed by atoms with Crippen LogP contribution in [0.5, 0.6) is 0 Å². The fourth-order valence-electron chi connectivity index (χ4n) is 2.71. The molecule has 1 N–H and O–H groups in total. The third-order valence-electron chi connectivity index (χ3n) is 4.14. The van der Waals surface area contributed by atoms with E-state index in [0.717, 1.165) is 5.69 Å². The van der Waals surface area contributed by atoms with Crippen LogP contribution in [-0.2, 0) is 10.2 Å². The Morgan fingerprint density at radius 2 is 1.96 bits per heavy atom. The largest absolute Gasteiger partial charge is 0.332 e. The fraction of sp³-hybridized carbons (Fsp3) is 0.429. The van der Waals surface area contributed by atoms with Crippen LogP contribution in [-0.4, -0.2) is 30.5 Å². The highest BCUT2D eigenvalue weighted by Gasteiger charge is 2.29. The van der Waals surface area contributed by atoms with E-state index in [1.54, 1.807) is 4.68 Å². The molecule has 0 bridgehead atoms. The Balaban J connectivity index is 0.00000192. The number of nitrogens with one attached hydrogen (secondary N) is 1. The zero-order valence-electron chi connectivity index (χ0n) is 12.5. The predicted molar refractivity (Wildman–Crippen MR) is 86.0 cm³/mol. The molecular formula is C14H18ClFN4O2S. The molecule has 1 aromatic carbocycles. The number of benzene rings is 1. The minimum absolute atomic E-state index is 0. The van der Waals surface area contributed by atoms with Crippen molar-refractivity contribution in [2.75, 3.05) is 7.05 Å². The third kappa shape index (κ3) is 3.70. The molecule has 23 heavy (non-hydrogen) atoms. The molecule has 1 aliphatic rings. The molecule has 1 aliphatic carbocycles. The molecule has 0 saturated heterocycles. The van der Waals surface area contributed by atoms with Crippen molar-refractivity contribution in [3.8, 4) is 5.69 Å². The summed E-state index contributed by atoms with van der Waals surface area (Å²) in [5.74, 6) is 0.578. The Bertz CT molecular complexity index is 759. The van der Waals surface area contributed by atoms with E-state index in [1.807, 2.05) is 13.2 Å². The normalized spacial score (nSPS) is 16.4. The van der Waals surface area contributed by atoms with E-state index in [9.17, 15) is 12.3 Å². The Labute approximate surface area is 140 Å². The van der Waals surface area contributed by atoms with Crippen LogP contribution < -0.4 is 5.32 Å². The van der Waals surface area contributed by atoms with Crippen molar-refractivity contribution in [2.24, 2.45) is 5.92 Å². The highest BCUT2D eigenvalue weighted by molar-refractivity contribution is 7.86. The molecule has 0 radical (unpaired) electrons. The Hall–Kier alpha value is -1.51. The summed E-state index contributed by atoms with van der Waals surface area (Å²) in [4.78, 5) is -0.362. The quantitative estimate of drug-likeness (QED) is 0.828. The van der Waals surface area contributed by atoms with Gasteiger partial charge in [-0.15, -0.1) is 21.4 Å². The van der Waals surface area contributed by atoms with Crippen molar-refractivity contribution in [1.82, 2.24) is 20.3 Å². The summed E-state index contributed by atoms with van der Waals surface area (Å²) in [5, 5.41) is 11.5. The molecule has 2 aromatic rings. The molecule has 6 nitrogen and oxygen atoms in total. The maximum atomic E-state index is 12.9. The standard InChI is InChI=1S/C14H17FN4O2S.ClH/c1-16-14(10-3-2-4-10)13-9-19(18-17-13)11-5-7-12(8-6-11)22(15,20)21;/h5-10,14,16H,2-4H2,1H3;1H. The summed E-state index contributed by atoms with van der Waals surface area (Å²) in [7, 11) is -2.77. The highest BCUT2D eigenvalue weighted by Crippen LogP contribution is 2.36. The van der Waals surface area contributed by atoms with Gasteiger partial charge in [-0.2, -0.15) is 8.42 Å². The number of halogens is 2. The van der Waals surface area contributed by atoms with E-state index in [2.05, 4.69) is 15.6 Å². The fourth-order valence-corrected chi connectivity index (χ4v) is 3.17. The second-order valence-corrected chi connectivity index (χ2v) is 6.82. The van der Waals surface area contributed by atoms with Crippen LogP contribution in [0.4, 0.5) is 3.89 Å². The van der Waals surface area contributed by atoms with Crippen LogP contribution in [0.15, 0.2) is 35.4 Å². The Morgan fingerprint density at radius 1 is 1.30 bits per heavy atom. The lowest BCUT2D eigenvalue weighted by atomic mass is 9.79. The van der Waals surface area contributed by atoms with E-state index >= 15 is 0 Å². The molecule has 1 heterocycles. The van der Waals surface area contributed by atoms with Gasteiger partial charge in [-0.3, -0.25) is 0 Å². The maximum absolute atomic E-state index is 12.9. The second kappa shape index (κ2) is 6.94. The van der Waals surface area contributed by atoms with Gasteiger partial charge in [-0.25, -0.2) is 4.68 Å². The summed E-state index contributed by atoms with van der Waals surface area (Å²) in [6.45, 7) is 0. The van der Waals surface area contributed by atoms with Crippen LogP contribution in [0.3, 0.4) is 0 Å². The third-order valence-corrected chi connectivity index (χ3v) is 4.98. The van der Waals surface area contributed by atoms with Crippen LogP contribution in [0, 0.1) is 5.92 Å². The minimum atomic E-state index is -4.68. The summed E-state index contributed by atoms with van der Waals surface area (Å²) in [5.41, 5.74) is 1.49. The van der Waals surface area contributed by atoms with Crippen molar-refractivity contribution in [3.05, 3.63) is 36.2 Å². The molecule has 1 atom stereocenters. The van der Waals surface area contributed by atoms with Gasteiger partial charge in [0.1, 0.15) is 5.69 Å². The zero-order valence-corrected chi connectivity index (χ0v) is 14.1. The average molecular weight is 361 g/mol. The number of aromatic nitrogens is 3. The number of rotatable bonds is 5. The number of hydrogen-bond donors (Lipinski definition) is 1. The summed E-state index contributed by atoms with van der Waals surface area (Å²) < 4.78 is 36.1. The van der Waals surface area contributed by atoms with Crippen molar-refractivity contribution in [3.63, 3.8) is 0 Å². The Morgan fingerprint density at radius 3 is 2.43 bits per heavy atom. The second-order valence-electron chi connectivity index (χ2n) is 5.48. The van der Waals surface area contributed by atoms with E-state index in [0.29, 0.717) is 11.6 Å². The van der Waals surface area contributed by atoms with Crippen molar-refractivity contribution in [2.45, 2.75) is 30.2 Å². The first-order chi connectivity index (χ1) is 10.5. The monoisotopic (exact) mass is 360 g/mol. The van der Waals surface area contributed by atoms with Crippen LogP contribution >= 0.6 is 12.4 Å². The smallest absolute Gasteiger partial charge is 0.311 e. The first kappa shape index (κ1) is 17.8. The van der Waals surface area contributed by atoms with Gasteiger partial charge in [0.25, 0.3) is 0 Å². The first-order valence-corrected chi connectivity index (χ1v) is 8.52. The molecule has 0 amide bonds. The topological polar surface area (TPSA) is 76.9 Å². The molecular weight excluding hydrogens is 343 g/mol. The van der Waals surface area contributed by atoms with Gasteiger partial charge in [0, 0.05) is 0 Å². The van der Waals surface area contributed by atoms with Gasteiger partial charge in [0.2, 0.25) is 0 Å². The van der Waals surface area contributed by atoms with E-state index in [1.165, 1.54) is 43.5 Å². The lowest BCUT2D eigenvalue weighted by molar-refractivity contribution is 0.236. The molecule has 1 fully saturated rings. The van der Waals surface area contributed by atoms with Gasteiger partial charge in [0.05, 0.1) is 22.8 Å². The molecule has 1 unspecified atom stereocenters. The summed E-state index contributed by atoms with van der Waals surface area (Å²) >= 11 is 0. The molecule has 1 saturated carbocycles. The van der Waals surface area contributed by atoms with Gasteiger partial charge < -0.3 is 5.32 Å². The van der Waals surface area contributed by atoms with Crippen LogP contribution in [0.2, 0.25) is 0 Å². The van der Waals surface area contributed by atoms with Gasteiger partial charge in [-0.1, -0.05) is 11.6 Å². The van der Waals surface area contributed by atoms with Crippen molar-refractivity contribution in [1.29, 1.82) is 0 Å². The molecule has 0 spiro atoms. The van der Waals surface area contributed by atoms with E-state index in [4.69, 9.17) is 0 Å². The SMILES string of the molecule is CNC(c1cn(-c2ccc(S(=O)(=O)F)cc2)nn1)C1CCC1.Cl. The van der Waals surface area contributed by atoms with Crippen LogP contribution in [0.25, 0.3) is 5.69 Å². The molecule has 126 valence electrons. The van der Waals surface area contributed by atoms with Gasteiger partial charge in [0.15, 0.2) is 0 Å². The number of hydrogen-bond acceptors (Lipinski definition) is 5. The van der Waals surface area contributed by atoms with Crippen molar-refractivity contribution >= 4 is 22.6 Å².